The summed E-state index contributed by atoms with van der Waals surface area (Å²) in [4.78, 5) is 4.37. The Bertz CT molecular complexity index is 774. The van der Waals surface area contributed by atoms with Gasteiger partial charge in [-0.1, -0.05) is 13.8 Å². The maximum atomic E-state index is 12.2. The second-order valence-electron chi connectivity index (χ2n) is 11.5. The maximum absolute atomic E-state index is 12.2. The number of fused-ring (bicyclic) bond motifs is 5. The van der Waals surface area contributed by atoms with E-state index in [1.54, 1.807) is 6.21 Å². The first-order valence-corrected chi connectivity index (χ1v) is 12.4. The van der Waals surface area contributed by atoms with E-state index in [1.165, 1.54) is 0 Å². The van der Waals surface area contributed by atoms with Gasteiger partial charge in [-0.3, -0.25) is 4.99 Å². The molecule has 0 amide bonds. The van der Waals surface area contributed by atoms with Gasteiger partial charge < -0.3 is 20.6 Å². The third-order valence-electron chi connectivity index (χ3n) is 10.4. The number of aliphatic hydroxyl groups excluding tert-OH is 1. The molecule has 5 aliphatic rings. The average molecular weight is 433 g/mol. The lowest BCUT2D eigenvalue weighted by atomic mass is 9.43. The number of aliphatic hydroxyl groups is 3. The second-order valence-corrected chi connectivity index (χ2v) is 11.5. The van der Waals surface area contributed by atoms with Crippen LogP contribution in [0.15, 0.2) is 10.1 Å². The van der Waals surface area contributed by atoms with E-state index >= 15 is 0 Å². The van der Waals surface area contributed by atoms with E-state index in [1.807, 2.05) is 0 Å². The van der Waals surface area contributed by atoms with Gasteiger partial charge in [0.15, 0.2) is 0 Å². The molecule has 0 aromatic heterocycles. The molecule has 1 heterocycles. The van der Waals surface area contributed by atoms with Crippen molar-refractivity contribution < 1.29 is 15.3 Å². The lowest BCUT2D eigenvalue weighted by molar-refractivity contribution is -0.223. The number of nitrogens with zero attached hydrogens (tertiary/aromatic N) is 2. The van der Waals surface area contributed by atoms with Crippen molar-refractivity contribution in [3.05, 3.63) is 0 Å². The molecule has 8 atom stereocenters. The van der Waals surface area contributed by atoms with Gasteiger partial charge in [0.25, 0.3) is 0 Å². The van der Waals surface area contributed by atoms with Crippen molar-refractivity contribution in [2.45, 2.75) is 95.4 Å². The number of hydrogen-bond acceptors (Lipinski definition) is 7. The summed E-state index contributed by atoms with van der Waals surface area (Å²) >= 11 is 0. The Balaban J connectivity index is 1.38. The van der Waals surface area contributed by atoms with Gasteiger partial charge in [-0.05, 0) is 87.4 Å². The quantitative estimate of drug-likeness (QED) is 0.339. The molecule has 7 heteroatoms. The Morgan fingerprint density at radius 3 is 2.68 bits per heavy atom. The van der Waals surface area contributed by atoms with Gasteiger partial charge in [-0.25, -0.2) is 5.43 Å². The highest BCUT2D eigenvalue weighted by molar-refractivity contribution is 5.81. The molecule has 4 saturated carbocycles. The molecule has 0 bridgehead atoms. The Hall–Kier alpha value is -1.18. The predicted molar refractivity (Wildman–Crippen MR) is 121 cm³/mol. The second kappa shape index (κ2) is 7.42. The molecule has 0 aromatic rings. The van der Waals surface area contributed by atoms with Crippen LogP contribution in [0.4, 0.5) is 0 Å². The van der Waals surface area contributed by atoms with Gasteiger partial charge in [0.2, 0.25) is 5.96 Å². The number of aliphatic imine (C=N–C) groups is 1. The van der Waals surface area contributed by atoms with Crippen LogP contribution in [0.1, 0.15) is 78.1 Å². The number of rotatable bonds is 2. The summed E-state index contributed by atoms with van der Waals surface area (Å²) in [7, 11) is 0. The van der Waals surface area contributed by atoms with E-state index in [4.69, 9.17) is 0 Å². The fourth-order valence-corrected chi connectivity index (χ4v) is 8.27. The largest absolute Gasteiger partial charge is 0.393 e. The highest BCUT2D eigenvalue weighted by Gasteiger charge is 2.71. The minimum atomic E-state index is -1.13. The summed E-state index contributed by atoms with van der Waals surface area (Å²) < 4.78 is 0. The Morgan fingerprint density at radius 2 is 1.90 bits per heavy atom. The van der Waals surface area contributed by atoms with E-state index in [0.29, 0.717) is 30.6 Å². The SMILES string of the molecule is C[C@]12CCC(O)CC1CC[C@@H]1[C@H]2CC[C@]2(C)C(O)(/C=N/NC3=NCCCN3)CC[C@@]12O. The van der Waals surface area contributed by atoms with Gasteiger partial charge in [-0.15, -0.1) is 0 Å². The van der Waals surface area contributed by atoms with E-state index in [0.717, 1.165) is 64.5 Å². The number of hydrazone groups is 1. The molecule has 0 radical (unpaired) electrons. The van der Waals surface area contributed by atoms with Crippen LogP contribution in [0.5, 0.6) is 0 Å². The van der Waals surface area contributed by atoms with Crippen molar-refractivity contribution in [1.29, 1.82) is 0 Å². The van der Waals surface area contributed by atoms with Crippen LogP contribution < -0.4 is 10.7 Å². The van der Waals surface area contributed by atoms with Crippen molar-refractivity contribution in [2.24, 2.45) is 38.7 Å². The molecule has 5 rings (SSSR count). The van der Waals surface area contributed by atoms with Gasteiger partial charge in [-0.2, -0.15) is 5.10 Å². The zero-order valence-corrected chi connectivity index (χ0v) is 19.1. The van der Waals surface area contributed by atoms with E-state index in [9.17, 15) is 15.3 Å². The Labute approximate surface area is 185 Å². The fraction of sp³-hybridized carbons (Fsp3) is 0.917. The van der Waals surface area contributed by atoms with Crippen LogP contribution in [0.25, 0.3) is 0 Å². The van der Waals surface area contributed by atoms with Crippen molar-refractivity contribution in [3.63, 3.8) is 0 Å². The van der Waals surface area contributed by atoms with Crippen LogP contribution in [-0.2, 0) is 0 Å². The molecule has 0 spiro atoms. The van der Waals surface area contributed by atoms with Crippen molar-refractivity contribution in [1.82, 2.24) is 10.7 Å². The standard InChI is InChI=1S/C24H40N4O3/c1-21-8-6-17(29)14-16(21)4-5-19-18(21)7-9-22(2)23(30,10-11-24(19,22)31)15-27-28-20-25-12-3-13-26-20/h15-19,29-31H,3-14H2,1-2H3,(H2,25,26,28)/b27-15+/t16?,17?,18-,19-,21+,22-,23?,24-/m1/s1. The zero-order valence-electron chi connectivity index (χ0n) is 19.1. The number of nitrogens with one attached hydrogen (secondary N) is 2. The maximum Gasteiger partial charge on any atom is 0.212 e. The molecule has 31 heavy (non-hydrogen) atoms. The van der Waals surface area contributed by atoms with Crippen LogP contribution >= 0.6 is 0 Å². The summed E-state index contributed by atoms with van der Waals surface area (Å²) in [5.74, 6) is 1.89. The molecule has 3 unspecified atom stereocenters. The lowest BCUT2D eigenvalue weighted by Crippen LogP contribution is -2.65. The summed E-state index contributed by atoms with van der Waals surface area (Å²) in [5.41, 5.74) is 0.532. The molecule has 0 aromatic carbocycles. The number of hydrogen-bond donors (Lipinski definition) is 5. The van der Waals surface area contributed by atoms with Gasteiger partial charge in [0.1, 0.15) is 5.60 Å². The van der Waals surface area contributed by atoms with Crippen LogP contribution in [0, 0.1) is 28.6 Å². The molecular formula is C24H40N4O3. The van der Waals surface area contributed by atoms with E-state index < -0.39 is 16.6 Å². The Morgan fingerprint density at radius 1 is 1.06 bits per heavy atom. The van der Waals surface area contributed by atoms with Gasteiger partial charge >= 0.3 is 0 Å². The monoisotopic (exact) mass is 432 g/mol. The topological polar surface area (TPSA) is 109 Å². The molecule has 7 nitrogen and oxygen atoms in total. The first-order chi connectivity index (χ1) is 14.7. The number of guanidine groups is 1. The minimum absolute atomic E-state index is 0.157. The van der Waals surface area contributed by atoms with Gasteiger partial charge in [0, 0.05) is 18.5 Å². The van der Waals surface area contributed by atoms with E-state index in [2.05, 4.69) is 34.7 Å². The molecular weight excluding hydrogens is 392 g/mol. The van der Waals surface area contributed by atoms with Crippen molar-refractivity contribution in [3.8, 4) is 0 Å². The molecule has 4 aliphatic carbocycles. The first-order valence-electron chi connectivity index (χ1n) is 12.4. The summed E-state index contributed by atoms with van der Waals surface area (Å²) in [6.45, 7) is 6.16. The van der Waals surface area contributed by atoms with E-state index in [-0.39, 0.29) is 17.4 Å². The van der Waals surface area contributed by atoms with Crippen molar-refractivity contribution >= 4 is 12.2 Å². The van der Waals surface area contributed by atoms with Crippen molar-refractivity contribution in [2.75, 3.05) is 13.1 Å². The van der Waals surface area contributed by atoms with Gasteiger partial charge in [0.05, 0.1) is 17.9 Å². The highest BCUT2D eigenvalue weighted by atomic mass is 16.3. The predicted octanol–water partition coefficient (Wildman–Crippen LogP) is 2.16. The fourth-order valence-electron chi connectivity index (χ4n) is 8.27. The molecule has 1 aliphatic heterocycles. The molecule has 174 valence electrons. The molecule has 0 saturated heterocycles. The third-order valence-corrected chi connectivity index (χ3v) is 10.4. The van der Waals surface area contributed by atoms with Crippen LogP contribution in [0.3, 0.4) is 0 Å². The normalized spacial score (nSPS) is 52.0. The Kier molecular flexibility index (Phi) is 5.18. The summed E-state index contributed by atoms with van der Waals surface area (Å²) in [6, 6.07) is 0. The first kappa shape index (κ1) is 21.7. The molecule has 4 fully saturated rings. The molecule has 5 N–H and O–H groups in total. The summed E-state index contributed by atoms with van der Waals surface area (Å²) in [6.07, 6.45) is 10.4. The average Bonchev–Trinajstić information content (AvgIpc) is 2.97. The smallest absolute Gasteiger partial charge is 0.212 e. The third kappa shape index (κ3) is 3.10. The highest BCUT2D eigenvalue weighted by Crippen LogP contribution is 2.69. The lowest BCUT2D eigenvalue weighted by Gasteiger charge is -2.64. The van der Waals surface area contributed by atoms with Crippen LogP contribution in [-0.4, -0.2) is 57.9 Å². The minimum Gasteiger partial charge on any atom is -0.393 e. The van der Waals surface area contributed by atoms with Crippen LogP contribution in [0.2, 0.25) is 0 Å². The zero-order chi connectivity index (χ0) is 21.9. The summed E-state index contributed by atoms with van der Waals surface area (Å²) in [5, 5.41) is 41.7.